The lowest BCUT2D eigenvalue weighted by Gasteiger charge is -2.50. The van der Waals surface area contributed by atoms with E-state index in [0.29, 0.717) is 0 Å². The van der Waals surface area contributed by atoms with Gasteiger partial charge in [-0.3, -0.25) is 4.90 Å². The number of nitrogens with zero attached hydrogens (tertiary/aromatic N) is 1. The Hall–Kier alpha value is -1.06. The Kier molecular flexibility index (Phi) is 4.81. The van der Waals surface area contributed by atoms with Gasteiger partial charge in [0.15, 0.2) is 0 Å². The Bertz CT molecular complexity index is 445. The van der Waals surface area contributed by atoms with Crippen LogP contribution in [0.15, 0.2) is 24.3 Å². The number of rotatable bonds is 6. The van der Waals surface area contributed by atoms with Gasteiger partial charge in [-0.05, 0) is 48.9 Å². The molecule has 0 radical (unpaired) electrons. The molecule has 0 saturated carbocycles. The highest BCUT2D eigenvalue weighted by atomic mass is 16.5. The Morgan fingerprint density at radius 2 is 2.10 bits per heavy atom. The van der Waals surface area contributed by atoms with E-state index in [9.17, 15) is 0 Å². The standard InChI is InChI=1S/C18H28N2O/c1-3-15-13-20-9-8-16(15)10-17(20)12-19-11-14-4-6-18(21-2)7-5-14/h4-7,15-17,19H,3,8-13H2,1-2H3/t15-,16-,17+/m0/s1. The second-order valence-electron chi connectivity index (χ2n) is 6.58. The van der Waals surface area contributed by atoms with E-state index in [4.69, 9.17) is 4.74 Å². The average Bonchev–Trinajstić information content (AvgIpc) is 2.56. The highest BCUT2D eigenvalue weighted by Gasteiger charge is 2.38. The molecular formula is C18H28N2O. The molecule has 1 unspecified atom stereocenters. The monoisotopic (exact) mass is 288 g/mol. The Morgan fingerprint density at radius 3 is 2.71 bits per heavy atom. The smallest absolute Gasteiger partial charge is 0.118 e. The van der Waals surface area contributed by atoms with Crippen molar-refractivity contribution in [1.82, 2.24) is 10.2 Å². The summed E-state index contributed by atoms with van der Waals surface area (Å²) >= 11 is 0. The van der Waals surface area contributed by atoms with Gasteiger partial charge in [0.2, 0.25) is 0 Å². The van der Waals surface area contributed by atoms with Gasteiger partial charge in [0, 0.05) is 25.7 Å². The van der Waals surface area contributed by atoms with Crippen LogP contribution in [0.25, 0.3) is 0 Å². The molecule has 0 spiro atoms. The van der Waals surface area contributed by atoms with Crippen LogP contribution in [0.3, 0.4) is 0 Å². The molecule has 3 nitrogen and oxygen atoms in total. The second kappa shape index (κ2) is 6.80. The lowest BCUT2D eigenvalue weighted by molar-refractivity contribution is 0.000333. The normalized spacial score (nSPS) is 31.3. The summed E-state index contributed by atoms with van der Waals surface area (Å²) in [7, 11) is 1.71. The zero-order chi connectivity index (χ0) is 14.7. The summed E-state index contributed by atoms with van der Waals surface area (Å²) in [6, 6.07) is 9.12. The maximum absolute atomic E-state index is 5.20. The summed E-state index contributed by atoms with van der Waals surface area (Å²) in [6.07, 6.45) is 4.18. The van der Waals surface area contributed by atoms with Crippen LogP contribution in [0.4, 0.5) is 0 Å². The zero-order valence-corrected chi connectivity index (χ0v) is 13.3. The van der Waals surface area contributed by atoms with Gasteiger partial charge < -0.3 is 10.1 Å². The molecular weight excluding hydrogens is 260 g/mol. The van der Waals surface area contributed by atoms with E-state index < -0.39 is 0 Å². The Labute approximate surface area is 128 Å². The van der Waals surface area contributed by atoms with E-state index in [1.54, 1.807) is 7.11 Å². The minimum atomic E-state index is 0.754. The summed E-state index contributed by atoms with van der Waals surface area (Å²) in [5.41, 5.74) is 1.33. The average molecular weight is 288 g/mol. The van der Waals surface area contributed by atoms with E-state index in [1.165, 1.54) is 37.9 Å². The predicted octanol–water partition coefficient (Wildman–Crippen LogP) is 2.91. The van der Waals surface area contributed by atoms with E-state index in [0.717, 1.165) is 36.7 Å². The predicted molar refractivity (Wildman–Crippen MR) is 86.6 cm³/mol. The molecule has 2 bridgehead atoms. The molecule has 3 heterocycles. The third-order valence-corrected chi connectivity index (χ3v) is 5.41. The van der Waals surface area contributed by atoms with Crippen molar-refractivity contribution in [2.24, 2.45) is 11.8 Å². The molecule has 116 valence electrons. The number of benzene rings is 1. The first-order chi connectivity index (χ1) is 10.3. The molecule has 1 aromatic rings. The van der Waals surface area contributed by atoms with Crippen LogP contribution in [0.2, 0.25) is 0 Å². The highest BCUT2D eigenvalue weighted by Crippen LogP contribution is 2.37. The molecule has 3 saturated heterocycles. The first kappa shape index (κ1) is 14.9. The van der Waals surface area contributed by atoms with Gasteiger partial charge in [-0.15, -0.1) is 0 Å². The van der Waals surface area contributed by atoms with Crippen LogP contribution < -0.4 is 10.1 Å². The number of piperidine rings is 3. The number of fused-ring (bicyclic) bond motifs is 3. The first-order valence-electron chi connectivity index (χ1n) is 8.37. The third kappa shape index (κ3) is 3.41. The lowest BCUT2D eigenvalue weighted by Crippen LogP contribution is -2.56. The minimum absolute atomic E-state index is 0.754. The molecule has 1 aromatic carbocycles. The van der Waals surface area contributed by atoms with Gasteiger partial charge in [-0.1, -0.05) is 25.5 Å². The van der Waals surface area contributed by atoms with Crippen LogP contribution in [0.1, 0.15) is 31.7 Å². The van der Waals surface area contributed by atoms with Gasteiger partial charge in [0.1, 0.15) is 5.75 Å². The molecule has 0 amide bonds. The fourth-order valence-corrected chi connectivity index (χ4v) is 4.05. The van der Waals surface area contributed by atoms with Crippen molar-refractivity contribution in [3.63, 3.8) is 0 Å². The van der Waals surface area contributed by atoms with Crippen LogP contribution in [0.5, 0.6) is 5.75 Å². The summed E-state index contributed by atoms with van der Waals surface area (Å²) in [4.78, 5) is 2.72. The summed E-state index contributed by atoms with van der Waals surface area (Å²) in [6.45, 7) is 7.07. The van der Waals surface area contributed by atoms with Gasteiger partial charge in [-0.25, -0.2) is 0 Å². The number of ether oxygens (including phenoxy) is 1. The van der Waals surface area contributed by atoms with Crippen molar-refractivity contribution in [2.45, 2.75) is 38.8 Å². The molecule has 3 fully saturated rings. The van der Waals surface area contributed by atoms with Gasteiger partial charge in [0.25, 0.3) is 0 Å². The Balaban J connectivity index is 1.45. The van der Waals surface area contributed by atoms with Crippen molar-refractivity contribution in [1.29, 1.82) is 0 Å². The number of nitrogens with one attached hydrogen (secondary N) is 1. The first-order valence-corrected chi connectivity index (χ1v) is 8.37. The SMILES string of the molecule is CC[C@H]1CN2CC[C@H]1C[C@@H]2CNCc1ccc(OC)cc1. The maximum Gasteiger partial charge on any atom is 0.118 e. The van der Waals surface area contributed by atoms with Crippen molar-refractivity contribution >= 4 is 0 Å². The molecule has 1 N–H and O–H groups in total. The van der Waals surface area contributed by atoms with Crippen molar-refractivity contribution < 1.29 is 4.74 Å². The fraction of sp³-hybridized carbons (Fsp3) is 0.667. The number of methoxy groups -OCH3 is 1. The van der Waals surface area contributed by atoms with Gasteiger partial charge in [0.05, 0.1) is 7.11 Å². The van der Waals surface area contributed by atoms with Crippen molar-refractivity contribution in [3.8, 4) is 5.75 Å². The van der Waals surface area contributed by atoms with E-state index in [1.807, 2.05) is 12.1 Å². The van der Waals surface area contributed by atoms with Crippen molar-refractivity contribution in [3.05, 3.63) is 29.8 Å². The number of hydrogen-bond donors (Lipinski definition) is 1. The third-order valence-electron chi connectivity index (χ3n) is 5.41. The summed E-state index contributed by atoms with van der Waals surface area (Å²) in [5, 5.41) is 3.64. The molecule has 4 atom stereocenters. The topological polar surface area (TPSA) is 24.5 Å². The van der Waals surface area contributed by atoms with Crippen molar-refractivity contribution in [2.75, 3.05) is 26.7 Å². The van der Waals surface area contributed by atoms with Crippen LogP contribution in [0, 0.1) is 11.8 Å². The second-order valence-corrected chi connectivity index (χ2v) is 6.58. The zero-order valence-electron chi connectivity index (χ0n) is 13.3. The van der Waals surface area contributed by atoms with E-state index in [2.05, 4.69) is 29.3 Å². The van der Waals surface area contributed by atoms with E-state index in [-0.39, 0.29) is 0 Å². The molecule has 3 heteroatoms. The lowest BCUT2D eigenvalue weighted by atomic mass is 9.74. The minimum Gasteiger partial charge on any atom is -0.497 e. The number of hydrogen-bond acceptors (Lipinski definition) is 3. The molecule has 21 heavy (non-hydrogen) atoms. The Morgan fingerprint density at radius 1 is 1.29 bits per heavy atom. The fourth-order valence-electron chi connectivity index (χ4n) is 4.05. The summed E-state index contributed by atoms with van der Waals surface area (Å²) < 4.78 is 5.20. The molecule has 4 rings (SSSR count). The highest BCUT2D eigenvalue weighted by molar-refractivity contribution is 5.27. The molecule has 3 aliphatic rings. The summed E-state index contributed by atoms with van der Waals surface area (Å²) in [5.74, 6) is 2.87. The van der Waals surface area contributed by atoms with Crippen LogP contribution >= 0.6 is 0 Å². The van der Waals surface area contributed by atoms with Gasteiger partial charge in [-0.2, -0.15) is 0 Å². The molecule has 3 aliphatic heterocycles. The largest absolute Gasteiger partial charge is 0.497 e. The quantitative estimate of drug-likeness (QED) is 0.871. The van der Waals surface area contributed by atoms with Crippen LogP contribution in [-0.4, -0.2) is 37.7 Å². The maximum atomic E-state index is 5.20. The van der Waals surface area contributed by atoms with E-state index >= 15 is 0 Å². The van der Waals surface area contributed by atoms with Crippen LogP contribution in [-0.2, 0) is 6.54 Å². The molecule has 0 aliphatic carbocycles. The molecule has 0 aromatic heterocycles. The van der Waals surface area contributed by atoms with Gasteiger partial charge >= 0.3 is 0 Å².